The van der Waals surface area contributed by atoms with E-state index in [0.717, 1.165) is 0 Å². The van der Waals surface area contributed by atoms with Crippen LogP contribution < -0.4 is 5.73 Å². The van der Waals surface area contributed by atoms with E-state index in [1.807, 2.05) is 13.8 Å². The lowest BCUT2D eigenvalue weighted by molar-refractivity contribution is 0.0737. The van der Waals surface area contributed by atoms with Crippen molar-refractivity contribution in [2.75, 3.05) is 26.7 Å². The molecule has 0 aliphatic heterocycles. The molecule has 0 amide bonds. The Morgan fingerprint density at radius 1 is 1.38 bits per heavy atom. The van der Waals surface area contributed by atoms with Crippen molar-refractivity contribution in [3.8, 4) is 0 Å². The summed E-state index contributed by atoms with van der Waals surface area (Å²) in [7, 11) is -2.01. The Morgan fingerprint density at radius 2 is 2.00 bits per heavy atom. The van der Waals surface area contributed by atoms with E-state index >= 15 is 0 Å². The normalized spacial score (nSPS) is 12.6. The highest BCUT2D eigenvalue weighted by Crippen LogP contribution is 2.22. The predicted octanol–water partition coefficient (Wildman–Crippen LogP) is 0.504. The number of likely N-dealkylation sites (N-methyl/N-ethyl adjacent to an activating group) is 1. The lowest BCUT2D eigenvalue weighted by Crippen LogP contribution is -2.31. The van der Waals surface area contributed by atoms with Gasteiger partial charge in [0.1, 0.15) is 4.90 Å². The molecule has 1 aromatic heterocycles. The third-order valence-corrected chi connectivity index (χ3v) is 5.29. The van der Waals surface area contributed by atoms with E-state index in [0.29, 0.717) is 37.6 Å². The van der Waals surface area contributed by atoms with Crippen molar-refractivity contribution < 1.29 is 13.2 Å². The summed E-state index contributed by atoms with van der Waals surface area (Å²) in [5.41, 5.74) is 6.63. The number of nitrogens with zero attached hydrogens (tertiary/aromatic N) is 3. The van der Waals surface area contributed by atoms with E-state index in [-0.39, 0.29) is 11.0 Å². The first-order valence-corrected chi connectivity index (χ1v) is 8.47. The predicted molar refractivity (Wildman–Crippen MR) is 81.7 cm³/mol. The van der Waals surface area contributed by atoms with Gasteiger partial charge < -0.3 is 10.5 Å². The zero-order chi connectivity index (χ0) is 16.2. The molecule has 1 aromatic rings. The van der Waals surface area contributed by atoms with Crippen LogP contribution in [0.15, 0.2) is 4.90 Å². The molecule has 7 nitrogen and oxygen atoms in total. The van der Waals surface area contributed by atoms with Crippen LogP contribution in [0.25, 0.3) is 0 Å². The maximum Gasteiger partial charge on any atom is 0.246 e. The Hall–Kier alpha value is -0.960. The average Bonchev–Trinajstić information content (AvgIpc) is 2.64. The van der Waals surface area contributed by atoms with Crippen LogP contribution in [0.4, 0.5) is 0 Å². The number of nitrogens with two attached hydrogens (primary N) is 1. The van der Waals surface area contributed by atoms with Crippen molar-refractivity contribution >= 4 is 10.0 Å². The summed E-state index contributed by atoms with van der Waals surface area (Å²) in [5.74, 6) is 0. The summed E-state index contributed by atoms with van der Waals surface area (Å²) in [6, 6.07) is 0. The number of ether oxygens (including phenoxy) is 1. The summed E-state index contributed by atoms with van der Waals surface area (Å²) in [6.07, 6.45) is 0.0804. The van der Waals surface area contributed by atoms with Gasteiger partial charge in [0.15, 0.2) is 0 Å². The zero-order valence-electron chi connectivity index (χ0n) is 13.5. The van der Waals surface area contributed by atoms with Crippen molar-refractivity contribution in [2.24, 2.45) is 5.73 Å². The first-order valence-electron chi connectivity index (χ1n) is 7.03. The number of aromatic nitrogens is 2. The zero-order valence-corrected chi connectivity index (χ0v) is 14.3. The first-order chi connectivity index (χ1) is 9.71. The molecule has 0 saturated carbocycles. The number of hydrogen-bond donors (Lipinski definition) is 1. The maximum absolute atomic E-state index is 12.7. The van der Waals surface area contributed by atoms with Crippen molar-refractivity contribution in [3.05, 3.63) is 11.4 Å². The van der Waals surface area contributed by atoms with Crippen LogP contribution in [-0.2, 0) is 21.3 Å². The van der Waals surface area contributed by atoms with Gasteiger partial charge >= 0.3 is 0 Å². The minimum absolute atomic E-state index is 0.0804. The van der Waals surface area contributed by atoms with E-state index in [1.165, 1.54) is 4.31 Å². The van der Waals surface area contributed by atoms with Gasteiger partial charge in [-0.3, -0.25) is 4.68 Å². The molecule has 0 saturated heterocycles. The molecule has 0 atom stereocenters. The molecule has 21 heavy (non-hydrogen) atoms. The number of sulfonamides is 1. The topological polar surface area (TPSA) is 90.5 Å². The molecule has 0 spiro atoms. The Balaban J connectivity index is 2.97. The van der Waals surface area contributed by atoms with Crippen LogP contribution in [0.2, 0.25) is 0 Å². The van der Waals surface area contributed by atoms with Crippen molar-refractivity contribution in [1.82, 2.24) is 14.1 Å². The van der Waals surface area contributed by atoms with Crippen LogP contribution in [-0.4, -0.2) is 55.4 Å². The number of aryl methyl sites for hydroxylation is 1. The third-order valence-electron chi connectivity index (χ3n) is 3.18. The smallest absolute Gasteiger partial charge is 0.246 e. The summed E-state index contributed by atoms with van der Waals surface area (Å²) in [6.45, 7) is 8.87. The monoisotopic (exact) mass is 318 g/mol. The highest BCUT2D eigenvalue weighted by Gasteiger charge is 2.28. The second-order valence-electron chi connectivity index (χ2n) is 5.26. The van der Waals surface area contributed by atoms with Crippen molar-refractivity contribution in [2.45, 2.75) is 45.2 Å². The summed E-state index contributed by atoms with van der Waals surface area (Å²) in [4.78, 5) is 0.267. The molecule has 1 heterocycles. The highest BCUT2D eigenvalue weighted by atomic mass is 32.2. The molecular weight excluding hydrogens is 292 g/mol. The van der Waals surface area contributed by atoms with E-state index in [2.05, 4.69) is 5.10 Å². The first kappa shape index (κ1) is 18.1. The molecule has 122 valence electrons. The maximum atomic E-state index is 12.7. The highest BCUT2D eigenvalue weighted by molar-refractivity contribution is 7.89. The van der Waals surface area contributed by atoms with Gasteiger partial charge in [-0.1, -0.05) is 0 Å². The Labute approximate surface area is 127 Å². The van der Waals surface area contributed by atoms with Gasteiger partial charge in [-0.15, -0.1) is 0 Å². The SMILES string of the molecule is Cc1nn(CCN)c(C)c1S(=O)(=O)N(C)CCOC(C)C. The number of hydrogen-bond acceptors (Lipinski definition) is 5. The molecule has 0 aliphatic rings. The average molecular weight is 318 g/mol. The van der Waals surface area contributed by atoms with Crippen LogP contribution in [0.3, 0.4) is 0 Å². The van der Waals surface area contributed by atoms with Gasteiger partial charge in [0.25, 0.3) is 0 Å². The quantitative estimate of drug-likeness (QED) is 0.754. The molecule has 0 unspecified atom stereocenters. The van der Waals surface area contributed by atoms with Crippen molar-refractivity contribution in [1.29, 1.82) is 0 Å². The molecule has 0 bridgehead atoms. The fourth-order valence-electron chi connectivity index (χ4n) is 2.09. The van der Waals surface area contributed by atoms with E-state index in [4.69, 9.17) is 10.5 Å². The van der Waals surface area contributed by atoms with E-state index < -0.39 is 10.0 Å². The second kappa shape index (κ2) is 7.35. The fraction of sp³-hybridized carbons (Fsp3) is 0.769. The van der Waals surface area contributed by atoms with Gasteiger partial charge in [0.05, 0.1) is 30.6 Å². The van der Waals surface area contributed by atoms with Crippen LogP contribution in [0.5, 0.6) is 0 Å². The molecular formula is C13H26N4O3S. The Morgan fingerprint density at radius 3 is 2.52 bits per heavy atom. The minimum Gasteiger partial charge on any atom is -0.377 e. The second-order valence-corrected chi connectivity index (χ2v) is 7.24. The largest absolute Gasteiger partial charge is 0.377 e. The molecule has 8 heteroatoms. The molecule has 1 rings (SSSR count). The lowest BCUT2D eigenvalue weighted by atomic mass is 10.4. The van der Waals surface area contributed by atoms with Gasteiger partial charge in [-0.05, 0) is 27.7 Å². The molecule has 0 aliphatic carbocycles. The Bertz CT molecular complexity index is 566. The van der Waals surface area contributed by atoms with Crippen LogP contribution in [0.1, 0.15) is 25.2 Å². The van der Waals surface area contributed by atoms with Crippen molar-refractivity contribution in [3.63, 3.8) is 0 Å². The van der Waals surface area contributed by atoms with E-state index in [9.17, 15) is 8.42 Å². The molecule has 0 aromatic carbocycles. The molecule has 0 radical (unpaired) electrons. The number of rotatable bonds is 8. The van der Waals surface area contributed by atoms with Gasteiger partial charge in [0.2, 0.25) is 10.0 Å². The van der Waals surface area contributed by atoms with Gasteiger partial charge in [-0.2, -0.15) is 9.40 Å². The third kappa shape index (κ3) is 4.26. The fourth-order valence-corrected chi connectivity index (χ4v) is 3.61. The summed E-state index contributed by atoms with van der Waals surface area (Å²) >= 11 is 0. The Kier molecular flexibility index (Phi) is 6.33. The van der Waals surface area contributed by atoms with Gasteiger partial charge in [0, 0.05) is 20.1 Å². The summed E-state index contributed by atoms with van der Waals surface area (Å²) < 4.78 is 33.7. The van der Waals surface area contributed by atoms with Gasteiger partial charge in [-0.25, -0.2) is 8.42 Å². The molecule has 2 N–H and O–H groups in total. The summed E-state index contributed by atoms with van der Waals surface area (Å²) in [5, 5.41) is 4.26. The standard InChI is InChI=1S/C13H26N4O3S/c1-10(2)20-9-8-16(5)21(18,19)13-11(3)15-17(7-6-14)12(13)4/h10H,6-9,14H2,1-5H3. The lowest BCUT2D eigenvalue weighted by Gasteiger charge is -2.18. The van der Waals surface area contributed by atoms with E-state index in [1.54, 1.807) is 25.6 Å². The van der Waals surface area contributed by atoms with Crippen LogP contribution >= 0.6 is 0 Å². The molecule has 0 fully saturated rings. The van der Waals surface area contributed by atoms with Crippen LogP contribution in [0, 0.1) is 13.8 Å². The minimum atomic E-state index is -3.57.